The van der Waals surface area contributed by atoms with Gasteiger partial charge in [-0.25, -0.2) is 0 Å². The molecule has 1 aliphatic heterocycles. The summed E-state index contributed by atoms with van der Waals surface area (Å²) in [5.41, 5.74) is 0. The molecule has 0 atom stereocenters. The van der Waals surface area contributed by atoms with Gasteiger partial charge in [-0.3, -0.25) is 0 Å². The number of hydrogen-bond acceptors (Lipinski definition) is 2. The van der Waals surface area contributed by atoms with E-state index in [2.05, 4.69) is 61.4 Å². The Morgan fingerprint density at radius 2 is 1.92 bits per heavy atom. The molecular formula is C10H14BN2. The van der Waals surface area contributed by atoms with E-state index in [1.54, 1.807) is 0 Å². The lowest BCUT2D eigenvalue weighted by Crippen LogP contribution is -2.43. The molecule has 3 heteroatoms. The second-order valence-corrected chi connectivity index (χ2v) is 3.71. The molecule has 0 unspecified atom stereocenters. The fraction of sp³-hybridized carbons (Fsp3) is 0.300. The van der Waals surface area contributed by atoms with Crippen LogP contribution < -0.4 is 0 Å². The van der Waals surface area contributed by atoms with Gasteiger partial charge in [0, 0.05) is 5.92 Å². The van der Waals surface area contributed by atoms with E-state index < -0.39 is 0 Å². The first-order chi connectivity index (χ1) is 6.20. The maximum Gasteiger partial charge on any atom is 0.314 e. The van der Waals surface area contributed by atoms with E-state index >= 15 is 0 Å². The Hall–Kier alpha value is -0.535. The maximum absolute atomic E-state index is 2.29. The van der Waals surface area contributed by atoms with Crippen LogP contribution in [0.3, 0.4) is 0 Å². The second-order valence-electron chi connectivity index (χ2n) is 3.71. The third-order valence-electron chi connectivity index (χ3n) is 2.57. The summed E-state index contributed by atoms with van der Waals surface area (Å²) in [6, 6.07) is 1.32. The Balaban J connectivity index is 2.15. The van der Waals surface area contributed by atoms with Crippen LogP contribution in [0.2, 0.25) is 0 Å². The lowest BCUT2D eigenvalue weighted by molar-refractivity contribution is 0.520. The molecule has 1 fully saturated rings. The van der Waals surface area contributed by atoms with Crippen molar-refractivity contribution in [1.82, 2.24) is 9.62 Å². The Kier molecular flexibility index (Phi) is 2.30. The maximum atomic E-state index is 2.29. The van der Waals surface area contributed by atoms with Gasteiger partial charge in [-0.15, -0.1) is 0 Å². The van der Waals surface area contributed by atoms with E-state index in [0.29, 0.717) is 6.98 Å². The lowest BCUT2D eigenvalue weighted by atomic mass is 9.70. The molecular weight excluding hydrogens is 159 g/mol. The van der Waals surface area contributed by atoms with Crippen molar-refractivity contribution in [3.8, 4) is 0 Å². The molecule has 0 aromatic heterocycles. The molecule has 0 bridgehead atoms. The van der Waals surface area contributed by atoms with Crippen molar-refractivity contribution in [3.63, 3.8) is 0 Å². The number of likely N-dealkylation sites (N-methyl/N-ethyl adjacent to an activating group) is 1. The standard InChI is InChI=1S/C10H14BN2/c1-12(2)11-8-9-6-4-5-7-10(9)13(11)3/h4-8H,1-3H3. The minimum Gasteiger partial charge on any atom is -0.334 e. The monoisotopic (exact) mass is 173 g/mol. The topological polar surface area (TPSA) is 6.48 Å². The molecule has 1 saturated heterocycles. The van der Waals surface area contributed by atoms with Crippen LogP contribution in [-0.4, -0.2) is 37.7 Å². The smallest absolute Gasteiger partial charge is 0.314 e. The summed E-state index contributed by atoms with van der Waals surface area (Å²) in [6.07, 6.45) is 10.8. The van der Waals surface area contributed by atoms with Crippen molar-refractivity contribution in [2.75, 3.05) is 21.1 Å². The molecule has 0 aromatic carbocycles. The molecule has 13 heavy (non-hydrogen) atoms. The highest BCUT2D eigenvalue weighted by Gasteiger charge is 2.42. The number of nitrogens with zero attached hydrogens (tertiary/aromatic N) is 2. The van der Waals surface area contributed by atoms with Crippen molar-refractivity contribution in [2.24, 2.45) is 0 Å². The molecule has 0 saturated carbocycles. The lowest BCUT2D eigenvalue weighted by Gasteiger charge is -2.26. The van der Waals surface area contributed by atoms with E-state index in [4.69, 9.17) is 0 Å². The summed E-state index contributed by atoms with van der Waals surface area (Å²) < 4.78 is 0. The largest absolute Gasteiger partial charge is 0.334 e. The first-order valence-corrected chi connectivity index (χ1v) is 4.53. The average Bonchev–Trinajstić information content (AvgIpc) is 2.45. The van der Waals surface area contributed by atoms with Gasteiger partial charge < -0.3 is 9.62 Å². The van der Waals surface area contributed by atoms with E-state index in [1.165, 1.54) is 12.0 Å². The van der Waals surface area contributed by atoms with Crippen LogP contribution in [0.25, 0.3) is 0 Å². The highest BCUT2D eigenvalue weighted by Crippen LogP contribution is 2.37. The van der Waals surface area contributed by atoms with Gasteiger partial charge in [0.15, 0.2) is 0 Å². The molecule has 2 rings (SSSR count). The first-order valence-electron chi connectivity index (χ1n) is 4.53. The highest BCUT2D eigenvalue weighted by molar-refractivity contribution is 6.59. The van der Waals surface area contributed by atoms with Gasteiger partial charge in [-0.05, 0) is 27.5 Å². The van der Waals surface area contributed by atoms with Gasteiger partial charge in [-0.2, -0.15) is 0 Å². The SMILES string of the molecule is CN(C)B1[CH][C]2C=CC=C[C]2N1C. The summed E-state index contributed by atoms with van der Waals surface area (Å²) in [4.78, 5) is 4.50. The van der Waals surface area contributed by atoms with Crippen LogP contribution in [-0.2, 0) is 0 Å². The van der Waals surface area contributed by atoms with Gasteiger partial charge in [0.05, 0.1) is 6.04 Å². The molecule has 1 aliphatic carbocycles. The highest BCUT2D eigenvalue weighted by atomic mass is 15.2. The minimum atomic E-state index is 0.400. The average molecular weight is 173 g/mol. The summed E-state index contributed by atoms with van der Waals surface area (Å²) in [7, 11) is 6.33. The molecule has 3 radical (unpaired) electrons. The Morgan fingerprint density at radius 1 is 1.23 bits per heavy atom. The summed E-state index contributed by atoms with van der Waals surface area (Å²) in [5.74, 6) is 1.34. The van der Waals surface area contributed by atoms with Crippen molar-refractivity contribution < 1.29 is 0 Å². The molecule has 2 aliphatic rings. The Morgan fingerprint density at radius 3 is 2.54 bits per heavy atom. The number of allylic oxidation sites excluding steroid dienone is 2. The summed E-state index contributed by atoms with van der Waals surface area (Å²) >= 11 is 0. The normalized spacial score (nSPS) is 24.8. The van der Waals surface area contributed by atoms with Crippen LogP contribution in [0, 0.1) is 18.3 Å². The quantitative estimate of drug-likeness (QED) is 0.545. The van der Waals surface area contributed by atoms with Crippen molar-refractivity contribution in [2.45, 2.75) is 0 Å². The van der Waals surface area contributed by atoms with E-state index in [1.807, 2.05) is 0 Å². The van der Waals surface area contributed by atoms with Crippen molar-refractivity contribution in [1.29, 1.82) is 0 Å². The predicted octanol–water partition coefficient (Wildman–Crippen LogP) is 0.958. The number of fused-ring (bicyclic) bond motifs is 1. The van der Waals surface area contributed by atoms with E-state index in [-0.39, 0.29) is 0 Å². The van der Waals surface area contributed by atoms with Gasteiger partial charge in [-0.1, -0.05) is 24.3 Å². The van der Waals surface area contributed by atoms with Crippen molar-refractivity contribution >= 4 is 6.98 Å². The molecule has 0 amide bonds. The van der Waals surface area contributed by atoms with Crippen LogP contribution >= 0.6 is 0 Å². The fourth-order valence-electron chi connectivity index (χ4n) is 1.86. The molecule has 67 valence electrons. The molecule has 2 nitrogen and oxygen atoms in total. The van der Waals surface area contributed by atoms with Gasteiger partial charge in [0.2, 0.25) is 0 Å². The van der Waals surface area contributed by atoms with Gasteiger partial charge >= 0.3 is 6.98 Å². The van der Waals surface area contributed by atoms with Crippen LogP contribution in [0.1, 0.15) is 0 Å². The van der Waals surface area contributed by atoms with E-state index in [0.717, 1.165) is 0 Å². The zero-order chi connectivity index (χ0) is 9.42. The predicted molar refractivity (Wildman–Crippen MR) is 56.3 cm³/mol. The van der Waals surface area contributed by atoms with Gasteiger partial charge in [0.25, 0.3) is 0 Å². The summed E-state index contributed by atoms with van der Waals surface area (Å²) in [6.45, 7) is 0.400. The van der Waals surface area contributed by atoms with Crippen LogP contribution in [0.4, 0.5) is 0 Å². The molecule has 1 heterocycles. The fourth-order valence-corrected chi connectivity index (χ4v) is 1.86. The molecule has 0 spiro atoms. The number of rotatable bonds is 1. The minimum absolute atomic E-state index is 0.400. The molecule has 0 N–H and O–H groups in total. The zero-order valence-electron chi connectivity index (χ0n) is 8.36. The van der Waals surface area contributed by atoms with Gasteiger partial charge in [0.1, 0.15) is 0 Å². The molecule has 0 aromatic rings. The van der Waals surface area contributed by atoms with E-state index in [9.17, 15) is 0 Å². The summed E-state index contributed by atoms with van der Waals surface area (Å²) in [5, 5.41) is 0. The third-order valence-corrected chi connectivity index (χ3v) is 2.57. The zero-order valence-corrected chi connectivity index (χ0v) is 8.36. The Bertz CT molecular complexity index is 247. The van der Waals surface area contributed by atoms with Crippen LogP contribution in [0.15, 0.2) is 24.3 Å². The Labute approximate surface area is 81.0 Å². The second kappa shape index (κ2) is 3.31. The van der Waals surface area contributed by atoms with Crippen molar-refractivity contribution in [3.05, 3.63) is 42.6 Å². The van der Waals surface area contributed by atoms with Crippen LogP contribution in [0.5, 0.6) is 0 Å². The first kappa shape index (κ1) is 9.04. The number of hydrogen-bond donors (Lipinski definition) is 0. The third kappa shape index (κ3) is 1.47.